The molecule has 2 aromatic rings. The Morgan fingerprint density at radius 2 is 1.97 bits per heavy atom. The van der Waals surface area contributed by atoms with Gasteiger partial charge in [0, 0.05) is 19.2 Å². The minimum absolute atomic E-state index is 0.0758. The Hall–Kier alpha value is -2.39. The van der Waals surface area contributed by atoms with Crippen molar-refractivity contribution < 1.29 is 26.7 Å². The molecule has 158 valence electrons. The molecule has 1 unspecified atom stereocenters. The summed E-state index contributed by atoms with van der Waals surface area (Å²) in [5, 5.41) is 3.18. The molecule has 0 heterocycles. The number of alkyl halides is 3. The Labute approximate surface area is 170 Å². The fourth-order valence-corrected chi connectivity index (χ4v) is 3.40. The lowest BCUT2D eigenvalue weighted by atomic mass is 9.97. The predicted molar refractivity (Wildman–Crippen MR) is 109 cm³/mol. The summed E-state index contributed by atoms with van der Waals surface area (Å²) in [5.41, 5.74) is 3.69. The largest absolute Gasteiger partial charge is 0.573 e. The molecule has 29 heavy (non-hydrogen) atoms. The van der Waals surface area contributed by atoms with E-state index in [0.29, 0.717) is 29.7 Å². The highest BCUT2D eigenvalue weighted by Gasteiger charge is 2.31. The summed E-state index contributed by atoms with van der Waals surface area (Å²) in [6.45, 7) is 3.82. The van der Waals surface area contributed by atoms with E-state index in [2.05, 4.69) is 15.0 Å². The first-order valence-corrected chi connectivity index (χ1v) is 10.2. The minimum atomic E-state index is -4.75. The van der Waals surface area contributed by atoms with Crippen LogP contribution >= 0.6 is 0 Å². The Balaban J connectivity index is 2.36. The van der Waals surface area contributed by atoms with Crippen molar-refractivity contribution in [2.24, 2.45) is 4.99 Å². The number of hydrogen-bond donors (Lipinski definition) is 2. The highest BCUT2D eigenvalue weighted by Crippen LogP contribution is 2.27. The molecule has 0 bridgehead atoms. The van der Waals surface area contributed by atoms with Crippen molar-refractivity contribution in [1.29, 1.82) is 0 Å². The first kappa shape index (κ1) is 22.9. The third-order valence-electron chi connectivity index (χ3n) is 4.25. The third-order valence-corrected chi connectivity index (χ3v) is 4.81. The van der Waals surface area contributed by atoms with E-state index in [9.17, 15) is 21.9 Å². The lowest BCUT2D eigenvalue weighted by molar-refractivity contribution is -0.274. The molecule has 0 saturated carbocycles. The lowest BCUT2D eigenvalue weighted by Gasteiger charge is -2.17. The molecule has 0 spiro atoms. The van der Waals surface area contributed by atoms with Crippen LogP contribution in [-0.2, 0) is 23.3 Å². The molecule has 0 aromatic heterocycles. The van der Waals surface area contributed by atoms with Crippen LogP contribution in [0.25, 0.3) is 0 Å². The third kappa shape index (κ3) is 7.17. The second-order valence-corrected chi connectivity index (χ2v) is 7.35. The van der Waals surface area contributed by atoms with Gasteiger partial charge in [0.15, 0.2) is 11.1 Å². The van der Waals surface area contributed by atoms with Gasteiger partial charge in [0.1, 0.15) is 11.6 Å². The van der Waals surface area contributed by atoms with Gasteiger partial charge in [0.25, 0.3) is 0 Å². The maximum Gasteiger partial charge on any atom is 0.573 e. The minimum Gasteiger partial charge on any atom is -0.406 e. The van der Waals surface area contributed by atoms with Crippen LogP contribution < -0.4 is 10.1 Å². The summed E-state index contributed by atoms with van der Waals surface area (Å²) in [6, 6.07) is 9.43. The molecule has 0 amide bonds. The van der Waals surface area contributed by atoms with E-state index in [0.717, 1.165) is 17.0 Å². The number of aryl methyl sites for hydroxylation is 1. The fraction of sp³-hybridized carbons (Fsp3) is 0.350. The molecule has 0 saturated heterocycles. The van der Waals surface area contributed by atoms with E-state index >= 15 is 0 Å². The number of halogens is 3. The zero-order valence-corrected chi connectivity index (χ0v) is 17.2. The van der Waals surface area contributed by atoms with E-state index in [-0.39, 0.29) is 11.5 Å². The predicted octanol–water partition coefficient (Wildman–Crippen LogP) is 5.06. The number of nitrogens with one attached hydrogen (secondary N) is 1. The van der Waals surface area contributed by atoms with Gasteiger partial charge in [0.2, 0.25) is 0 Å². The van der Waals surface area contributed by atoms with Crippen LogP contribution in [-0.4, -0.2) is 28.0 Å². The summed E-state index contributed by atoms with van der Waals surface area (Å²) in [7, 11) is 1.66. The summed E-state index contributed by atoms with van der Waals surface area (Å²) in [6.07, 6.45) is -3.72. The highest BCUT2D eigenvalue weighted by molar-refractivity contribution is 7.78. The van der Waals surface area contributed by atoms with Crippen LogP contribution in [0.2, 0.25) is 0 Å². The molecule has 9 heteroatoms. The molecular weight excluding hydrogens is 405 g/mol. The number of rotatable bonds is 7. The van der Waals surface area contributed by atoms with Crippen molar-refractivity contribution in [3.63, 3.8) is 0 Å². The monoisotopic (exact) mass is 428 g/mol. The molecule has 2 aromatic carbocycles. The van der Waals surface area contributed by atoms with Crippen LogP contribution in [0.5, 0.6) is 5.75 Å². The van der Waals surface area contributed by atoms with E-state index in [4.69, 9.17) is 0 Å². The van der Waals surface area contributed by atoms with Gasteiger partial charge in [0.05, 0.1) is 5.75 Å². The topological polar surface area (TPSA) is 70.9 Å². The average Bonchev–Trinajstić information content (AvgIpc) is 2.61. The van der Waals surface area contributed by atoms with Crippen molar-refractivity contribution in [3.8, 4) is 5.75 Å². The van der Waals surface area contributed by atoms with Gasteiger partial charge in [-0.25, -0.2) is 4.21 Å². The van der Waals surface area contributed by atoms with Crippen molar-refractivity contribution in [2.75, 3.05) is 12.4 Å². The van der Waals surface area contributed by atoms with E-state index in [1.165, 1.54) is 18.2 Å². The number of ether oxygens (including phenoxy) is 1. The quantitative estimate of drug-likeness (QED) is 0.368. The maximum absolute atomic E-state index is 12.5. The van der Waals surface area contributed by atoms with Crippen LogP contribution in [0.3, 0.4) is 0 Å². The molecule has 0 aliphatic carbocycles. The van der Waals surface area contributed by atoms with Gasteiger partial charge in [-0.15, -0.1) is 13.2 Å². The summed E-state index contributed by atoms with van der Waals surface area (Å²) in [4.78, 5) is 4.14. The Morgan fingerprint density at radius 1 is 1.24 bits per heavy atom. The molecule has 5 nitrogen and oxygen atoms in total. The molecule has 2 rings (SSSR count). The highest BCUT2D eigenvalue weighted by atomic mass is 32.2. The smallest absolute Gasteiger partial charge is 0.406 e. The van der Waals surface area contributed by atoms with Crippen LogP contribution in [0.4, 0.5) is 18.9 Å². The van der Waals surface area contributed by atoms with Crippen LogP contribution in [0.1, 0.15) is 35.6 Å². The van der Waals surface area contributed by atoms with E-state index in [1.54, 1.807) is 19.2 Å². The molecular formula is C20H23F3N2O3S. The van der Waals surface area contributed by atoms with Gasteiger partial charge in [-0.05, 0) is 53.8 Å². The maximum atomic E-state index is 12.5. The Morgan fingerprint density at radius 3 is 2.55 bits per heavy atom. The van der Waals surface area contributed by atoms with Gasteiger partial charge in [-0.2, -0.15) is 0 Å². The van der Waals surface area contributed by atoms with E-state index < -0.39 is 17.4 Å². The van der Waals surface area contributed by atoms with Gasteiger partial charge < -0.3 is 14.6 Å². The van der Waals surface area contributed by atoms with E-state index in [1.807, 2.05) is 19.9 Å². The van der Waals surface area contributed by atoms with Crippen molar-refractivity contribution in [1.82, 2.24) is 0 Å². The number of hydrogen-bond acceptors (Lipinski definition) is 3. The number of amidine groups is 1. The molecule has 0 fully saturated rings. The van der Waals surface area contributed by atoms with Gasteiger partial charge in [-0.3, -0.25) is 4.99 Å². The normalized spacial score (nSPS) is 13.3. The number of aliphatic imine (C=N–C) groups is 1. The second kappa shape index (κ2) is 9.89. The van der Waals surface area contributed by atoms with Crippen molar-refractivity contribution in [2.45, 2.75) is 38.8 Å². The molecule has 0 radical (unpaired) electrons. The fourth-order valence-electron chi connectivity index (χ4n) is 2.89. The average molecular weight is 428 g/mol. The molecule has 2 N–H and O–H groups in total. The van der Waals surface area contributed by atoms with Crippen molar-refractivity contribution >= 4 is 22.6 Å². The van der Waals surface area contributed by atoms with Crippen LogP contribution in [0, 0.1) is 6.92 Å². The van der Waals surface area contributed by atoms with Gasteiger partial charge in [-0.1, -0.05) is 25.1 Å². The van der Waals surface area contributed by atoms with Gasteiger partial charge >= 0.3 is 6.36 Å². The second-order valence-electron chi connectivity index (χ2n) is 6.42. The first-order chi connectivity index (χ1) is 13.6. The number of benzene rings is 2. The molecule has 0 aliphatic rings. The molecule has 1 atom stereocenters. The number of nitrogens with zero attached hydrogens (tertiary/aromatic N) is 1. The summed E-state index contributed by atoms with van der Waals surface area (Å²) in [5.74, 6) is 0.376. The standard InChI is InChI=1S/C20H23F3N2O3S/c1-4-19(24-3)25-18-8-13(2)15(11-16(18)12-29(26)27)9-14-6-5-7-17(10-14)28-20(21,22)23/h5-8,10-11H,4,9,12H2,1-3H3,(H,24,25)(H,26,27). The number of anilines is 1. The summed E-state index contributed by atoms with van der Waals surface area (Å²) < 4.78 is 62.1. The Bertz CT molecular complexity index is 914. The van der Waals surface area contributed by atoms with Crippen molar-refractivity contribution in [3.05, 3.63) is 58.7 Å². The lowest BCUT2D eigenvalue weighted by Crippen LogP contribution is -2.17. The Kier molecular flexibility index (Phi) is 7.80. The molecule has 0 aliphatic heterocycles. The zero-order chi connectivity index (χ0) is 21.6. The van der Waals surface area contributed by atoms with Crippen LogP contribution in [0.15, 0.2) is 41.4 Å². The zero-order valence-electron chi connectivity index (χ0n) is 16.3. The summed E-state index contributed by atoms with van der Waals surface area (Å²) >= 11 is -2.05. The first-order valence-electron chi connectivity index (χ1n) is 8.88. The SMILES string of the molecule is CCC(=NC)Nc1cc(C)c(Cc2cccc(OC(F)(F)F)c2)cc1CS(=O)O.